The van der Waals surface area contributed by atoms with Crippen molar-refractivity contribution < 1.29 is 0 Å². The molecule has 0 fully saturated rings. The van der Waals surface area contributed by atoms with Crippen LogP contribution in [0.15, 0.2) is 374 Å². The normalized spacial score (nSPS) is 14.4. The first-order valence-electron chi connectivity index (χ1n) is 36.5. The highest BCUT2D eigenvalue weighted by molar-refractivity contribution is 6.89. The summed E-state index contributed by atoms with van der Waals surface area (Å²) < 4.78 is 2.38. The number of fused-ring (bicyclic) bond motifs is 4. The molecular weight excluding hydrogens is 1320 g/mol. The second kappa shape index (κ2) is 30.9. The summed E-state index contributed by atoms with van der Waals surface area (Å²) in [5, 5.41) is 12.2. The molecule has 0 amide bonds. The predicted octanol–water partition coefficient (Wildman–Crippen LogP) is 21.1. The van der Waals surface area contributed by atoms with Gasteiger partial charge in [-0.2, -0.15) is 0 Å². The Morgan fingerprint density at radius 2 is 0.889 bits per heavy atom. The fourth-order valence-corrected chi connectivity index (χ4v) is 14.9. The number of rotatable bonds is 17. The fourth-order valence-electron chi connectivity index (χ4n) is 14.9. The van der Waals surface area contributed by atoms with Crippen molar-refractivity contribution in [1.29, 1.82) is 5.41 Å². The molecule has 0 bridgehead atoms. The van der Waals surface area contributed by atoms with Gasteiger partial charge in [-0.3, -0.25) is 5.41 Å². The molecule has 520 valence electrons. The van der Waals surface area contributed by atoms with E-state index in [0.717, 1.165) is 111 Å². The minimum absolute atomic E-state index is 0.106. The molecule has 12 nitrogen and oxygen atoms in total. The van der Waals surface area contributed by atoms with Gasteiger partial charge in [-0.25, -0.2) is 34.9 Å². The van der Waals surface area contributed by atoms with Crippen LogP contribution < -0.4 is 20.7 Å². The van der Waals surface area contributed by atoms with Crippen molar-refractivity contribution >= 4 is 79.6 Å². The number of hydrogen-bond donors (Lipinski definition) is 1. The van der Waals surface area contributed by atoms with Crippen molar-refractivity contribution in [3.63, 3.8) is 0 Å². The Morgan fingerprint density at radius 3 is 1.38 bits per heavy atom. The number of benzene rings is 12. The summed E-state index contributed by atoms with van der Waals surface area (Å²) in [6.45, 7) is 6.43. The second-order valence-corrected chi connectivity index (χ2v) is 26.9. The molecule has 4 heterocycles. The van der Waals surface area contributed by atoms with Gasteiger partial charge in [-0.15, -0.1) is 0 Å². The molecule has 1 aliphatic rings. The van der Waals surface area contributed by atoms with Gasteiger partial charge in [0.1, 0.15) is 5.84 Å². The van der Waals surface area contributed by atoms with E-state index in [2.05, 4.69) is 261 Å². The standard InChI is InChI=1S/C95H77BN12/c1-6-36-86(108-82-60-58-73(93-101-89(69-41-19-9-20-42-69)99-90(102-93)70-43-21-10-22-44-70)63-77(82)78-64-74(59-61-83(78)108)94-103-91(71-45-23-11-24-46-71)100-92(104-94)72-47-25-12-26-48-72)87(65(2)67-37-15-7-16-38-67)95(98-88(97)68-39-17-8-18-40-68)106(5)81-57-35-62-107(76-51-29-14-30-52-76)85-56-34-32-54-80(85)96(66(81)3)79-53-31-33-55-84(79)105(4)75-49-27-13-28-50-75/h6-66,97H,1-5H3/b36-6-,62-35+,81-57+,87-86-,97-88?,98-95?. The van der Waals surface area contributed by atoms with E-state index in [1.807, 2.05) is 152 Å². The number of nitrogens with zero attached hydrogens (tertiary/aromatic N) is 11. The summed E-state index contributed by atoms with van der Waals surface area (Å²) in [6, 6.07) is 113. The topological polar surface area (TPSA) is 128 Å². The summed E-state index contributed by atoms with van der Waals surface area (Å²) in [6.07, 6.45) is 10.9. The lowest BCUT2D eigenvalue weighted by Crippen LogP contribution is -2.50. The molecule has 2 unspecified atom stereocenters. The highest BCUT2D eigenvalue weighted by Crippen LogP contribution is 2.43. The lowest BCUT2D eigenvalue weighted by Gasteiger charge is -2.36. The van der Waals surface area contributed by atoms with E-state index < -0.39 is 0 Å². The number of allylic oxidation sites excluding steroid dienone is 6. The number of nitrogens with one attached hydrogen (secondary N) is 1. The number of hydrogen-bond acceptors (Lipinski definition) is 9. The number of anilines is 4. The molecule has 13 heteroatoms. The zero-order chi connectivity index (χ0) is 73.5. The van der Waals surface area contributed by atoms with E-state index in [1.165, 1.54) is 0 Å². The first-order chi connectivity index (χ1) is 53.1. The molecule has 0 spiro atoms. The zero-order valence-electron chi connectivity index (χ0n) is 60.7. The third-order valence-corrected chi connectivity index (χ3v) is 20.3. The molecule has 12 aromatic carbocycles. The molecule has 15 aromatic rings. The summed E-state index contributed by atoms with van der Waals surface area (Å²) in [7, 11) is 4.30. The predicted molar refractivity (Wildman–Crippen MR) is 448 cm³/mol. The summed E-state index contributed by atoms with van der Waals surface area (Å²) in [4.78, 5) is 44.1. The minimum atomic E-state index is -0.364. The smallest absolute Gasteiger partial charge is 0.223 e. The number of aromatic nitrogens is 7. The molecule has 0 aliphatic carbocycles. The Morgan fingerprint density at radius 1 is 0.472 bits per heavy atom. The molecule has 0 radical (unpaired) electrons. The molecule has 1 aliphatic heterocycles. The average molecular weight is 1400 g/mol. The van der Waals surface area contributed by atoms with E-state index in [4.69, 9.17) is 34.9 Å². The number of aliphatic imine (C=N–C) groups is 1. The number of likely N-dealkylation sites (N-methyl/N-ethyl adjacent to an activating group) is 1. The van der Waals surface area contributed by atoms with Crippen LogP contribution in [-0.4, -0.2) is 71.9 Å². The van der Waals surface area contributed by atoms with Gasteiger partial charge in [-0.1, -0.05) is 280 Å². The Kier molecular flexibility index (Phi) is 19.6. The van der Waals surface area contributed by atoms with Crippen LogP contribution in [-0.2, 0) is 0 Å². The Balaban J connectivity index is 0.976. The molecule has 3 aromatic heterocycles. The van der Waals surface area contributed by atoms with Gasteiger partial charge in [0.25, 0.3) is 0 Å². The second-order valence-electron chi connectivity index (χ2n) is 26.9. The molecule has 16 rings (SSSR count). The van der Waals surface area contributed by atoms with Crippen molar-refractivity contribution in [3.05, 3.63) is 380 Å². The van der Waals surface area contributed by atoms with Crippen LogP contribution >= 0.6 is 0 Å². The van der Waals surface area contributed by atoms with Crippen molar-refractivity contribution in [1.82, 2.24) is 39.4 Å². The highest BCUT2D eigenvalue weighted by atomic mass is 15.2. The van der Waals surface area contributed by atoms with E-state index >= 15 is 0 Å². The summed E-state index contributed by atoms with van der Waals surface area (Å²) in [5.41, 5.74) is 17.8. The third kappa shape index (κ3) is 13.9. The van der Waals surface area contributed by atoms with Crippen LogP contribution in [0, 0.1) is 5.41 Å². The van der Waals surface area contributed by atoms with E-state index in [-0.39, 0.29) is 24.3 Å². The molecule has 0 saturated carbocycles. The lowest BCUT2D eigenvalue weighted by atomic mass is 9.32. The minimum Gasteiger partial charge on any atom is -0.345 e. The first-order valence-corrected chi connectivity index (χ1v) is 36.5. The average Bonchev–Trinajstić information content (AvgIpc) is 1.57. The molecule has 2 atom stereocenters. The van der Waals surface area contributed by atoms with Gasteiger partial charge in [0.2, 0.25) is 6.71 Å². The van der Waals surface area contributed by atoms with Gasteiger partial charge in [0, 0.05) is 110 Å². The van der Waals surface area contributed by atoms with Crippen LogP contribution in [0.1, 0.15) is 37.8 Å². The van der Waals surface area contributed by atoms with Gasteiger partial charge >= 0.3 is 0 Å². The maximum atomic E-state index is 10.4. The van der Waals surface area contributed by atoms with Gasteiger partial charge in [0.15, 0.2) is 40.8 Å². The van der Waals surface area contributed by atoms with Crippen molar-refractivity contribution in [2.75, 3.05) is 23.9 Å². The molecule has 0 saturated heterocycles. The van der Waals surface area contributed by atoms with E-state index in [1.54, 1.807) is 0 Å². The van der Waals surface area contributed by atoms with E-state index in [0.29, 0.717) is 46.3 Å². The lowest BCUT2D eigenvalue weighted by molar-refractivity contribution is 0.592. The molecule has 1 N–H and O–H groups in total. The summed E-state index contributed by atoms with van der Waals surface area (Å²) in [5.74, 6) is 3.35. The molecule has 108 heavy (non-hydrogen) atoms. The fraction of sp³-hybridized carbons (Fsp3) is 0.0737. The molecular formula is C95H77BN12. The van der Waals surface area contributed by atoms with E-state index in [9.17, 15) is 5.41 Å². The SMILES string of the molecule is C/C=C\C(=C(\C(=NC(=N)c1ccccc1)N(C)/C1=C/C=C/N(c2ccccc2)c2ccccc2B(c2ccccc2N(C)c2ccccc2)C1C)C(C)c1ccccc1)n1c2ccc(-c3nc(-c4ccccc4)nc(-c4ccccc4)n3)cc2c2cc(-c3nc(-c4ccccc4)nc(-c4ccccc4)n3)ccc21. The van der Waals surface area contributed by atoms with Crippen molar-refractivity contribution in [3.8, 4) is 68.3 Å². The largest absolute Gasteiger partial charge is 0.345 e. The van der Waals surface area contributed by atoms with Crippen LogP contribution in [0.2, 0.25) is 5.82 Å². The number of amidine groups is 2. The van der Waals surface area contributed by atoms with Crippen LogP contribution in [0.3, 0.4) is 0 Å². The number of para-hydroxylation sites is 4. The maximum absolute atomic E-state index is 10.4. The van der Waals surface area contributed by atoms with Crippen LogP contribution in [0.5, 0.6) is 0 Å². The first kappa shape index (κ1) is 68.6. The third-order valence-electron chi connectivity index (χ3n) is 20.3. The zero-order valence-corrected chi connectivity index (χ0v) is 60.7. The Hall–Kier alpha value is -13.8. The van der Waals surface area contributed by atoms with Gasteiger partial charge < -0.3 is 19.3 Å². The van der Waals surface area contributed by atoms with Crippen LogP contribution in [0.25, 0.3) is 95.8 Å². The van der Waals surface area contributed by atoms with Crippen molar-refractivity contribution in [2.24, 2.45) is 4.99 Å². The van der Waals surface area contributed by atoms with Crippen molar-refractivity contribution in [2.45, 2.75) is 32.5 Å². The summed E-state index contributed by atoms with van der Waals surface area (Å²) >= 11 is 0. The Labute approximate surface area is 630 Å². The van der Waals surface area contributed by atoms with Crippen LogP contribution in [0.4, 0.5) is 22.7 Å². The van der Waals surface area contributed by atoms with Gasteiger partial charge in [-0.05, 0) is 115 Å². The Bertz CT molecular complexity index is 5610. The van der Waals surface area contributed by atoms with Gasteiger partial charge in [0.05, 0.1) is 16.7 Å². The maximum Gasteiger partial charge on any atom is 0.223 e. The monoisotopic (exact) mass is 1400 g/mol. The highest BCUT2D eigenvalue weighted by Gasteiger charge is 2.38. The quantitative estimate of drug-likeness (QED) is 0.0410.